The number of aromatic nitrogens is 1. The summed E-state index contributed by atoms with van der Waals surface area (Å²) in [5.74, 6) is 6.07. The molecule has 0 fully saturated rings. The average molecular weight is 225 g/mol. The van der Waals surface area contributed by atoms with Crippen LogP contribution in [0.1, 0.15) is 17.8 Å². The third-order valence-corrected chi connectivity index (χ3v) is 1.88. The second-order valence-corrected chi connectivity index (χ2v) is 3.18. The Kier molecular flexibility index (Phi) is 4.07. The molecule has 0 bridgehead atoms. The van der Waals surface area contributed by atoms with Gasteiger partial charge >= 0.3 is 0 Å². The smallest absolute Gasteiger partial charge is 0.258 e. The summed E-state index contributed by atoms with van der Waals surface area (Å²) < 4.78 is 0. The van der Waals surface area contributed by atoms with Gasteiger partial charge in [-0.15, -0.1) is 11.6 Å². The molecule has 1 aromatic rings. The zero-order valence-corrected chi connectivity index (χ0v) is 8.91. The normalized spacial score (nSPS) is 9.20. The lowest BCUT2D eigenvalue weighted by Crippen LogP contribution is -1.95. The molecule has 1 aromatic heterocycles. The quantitative estimate of drug-likeness (QED) is 0.335. The van der Waals surface area contributed by atoms with Gasteiger partial charge in [0.1, 0.15) is 11.4 Å². The van der Waals surface area contributed by atoms with E-state index in [0.717, 1.165) is 0 Å². The number of nitrogens with zero attached hydrogens (tertiary/aromatic N) is 2. The average Bonchev–Trinajstić information content (AvgIpc) is 2.17. The van der Waals surface area contributed by atoms with Crippen LogP contribution in [0.15, 0.2) is 12.1 Å². The van der Waals surface area contributed by atoms with Gasteiger partial charge in [0.05, 0.1) is 4.92 Å². The maximum absolute atomic E-state index is 10.5. The predicted molar refractivity (Wildman–Crippen MR) is 57.8 cm³/mol. The van der Waals surface area contributed by atoms with Gasteiger partial charge in [0.2, 0.25) is 0 Å². The van der Waals surface area contributed by atoms with Crippen molar-refractivity contribution in [3.05, 3.63) is 33.6 Å². The Labute approximate surface area is 92.4 Å². The predicted octanol–water partition coefficient (Wildman–Crippen LogP) is 2.28. The zero-order chi connectivity index (χ0) is 11.3. The summed E-state index contributed by atoms with van der Waals surface area (Å²) in [6, 6.07) is 2.94. The molecule has 0 spiro atoms. The van der Waals surface area contributed by atoms with Crippen molar-refractivity contribution in [3.8, 4) is 11.8 Å². The van der Waals surface area contributed by atoms with Crippen LogP contribution < -0.4 is 0 Å². The highest BCUT2D eigenvalue weighted by Crippen LogP contribution is 2.14. The van der Waals surface area contributed by atoms with Crippen LogP contribution in [0.4, 0.5) is 5.69 Å². The second kappa shape index (κ2) is 5.32. The summed E-state index contributed by atoms with van der Waals surface area (Å²) in [7, 11) is 0. The number of rotatable bonds is 2. The molecule has 0 amide bonds. The molecule has 0 N–H and O–H groups in total. The van der Waals surface area contributed by atoms with Crippen LogP contribution in [0.25, 0.3) is 0 Å². The van der Waals surface area contributed by atoms with Gasteiger partial charge in [-0.1, -0.05) is 5.92 Å². The molecular formula is C10H9ClN2O2. The van der Waals surface area contributed by atoms with E-state index < -0.39 is 4.92 Å². The van der Waals surface area contributed by atoms with Crippen molar-refractivity contribution in [1.29, 1.82) is 0 Å². The molecule has 15 heavy (non-hydrogen) atoms. The van der Waals surface area contributed by atoms with E-state index >= 15 is 0 Å². The number of nitro groups is 1. The van der Waals surface area contributed by atoms with Gasteiger partial charge in [-0.2, -0.15) is 0 Å². The van der Waals surface area contributed by atoms with E-state index in [0.29, 0.717) is 23.7 Å². The molecule has 0 atom stereocenters. The van der Waals surface area contributed by atoms with E-state index in [4.69, 9.17) is 11.6 Å². The molecule has 0 unspecified atom stereocenters. The summed E-state index contributed by atoms with van der Waals surface area (Å²) in [5.41, 5.74) is 0.916. The summed E-state index contributed by atoms with van der Waals surface area (Å²) in [5, 5.41) is 10.5. The monoisotopic (exact) mass is 224 g/mol. The standard InChI is InChI=1S/C10H9ClN2O2/c1-8-10(13(14)15)6-5-9(12-8)4-2-3-7-11/h5-6H,3,7H2,1H3. The maximum atomic E-state index is 10.5. The Hall–Kier alpha value is -1.60. The van der Waals surface area contributed by atoms with E-state index in [1.54, 1.807) is 6.92 Å². The number of pyridine rings is 1. The van der Waals surface area contributed by atoms with Crippen LogP contribution in [-0.2, 0) is 0 Å². The molecule has 0 aromatic carbocycles. The third kappa shape index (κ3) is 3.22. The first-order valence-electron chi connectivity index (χ1n) is 4.32. The maximum Gasteiger partial charge on any atom is 0.290 e. The molecule has 78 valence electrons. The molecule has 0 saturated carbocycles. The van der Waals surface area contributed by atoms with Crippen molar-refractivity contribution >= 4 is 17.3 Å². The molecule has 1 heterocycles. The van der Waals surface area contributed by atoms with Crippen molar-refractivity contribution in [1.82, 2.24) is 4.98 Å². The molecule has 5 heteroatoms. The number of hydrogen-bond acceptors (Lipinski definition) is 3. The van der Waals surface area contributed by atoms with Gasteiger partial charge in [-0.05, 0) is 18.9 Å². The van der Waals surface area contributed by atoms with Crippen molar-refractivity contribution < 1.29 is 4.92 Å². The van der Waals surface area contributed by atoms with Crippen LogP contribution in [0, 0.1) is 28.9 Å². The Morgan fingerprint density at radius 2 is 2.33 bits per heavy atom. The molecule has 0 aliphatic rings. The fourth-order valence-corrected chi connectivity index (χ4v) is 1.11. The molecule has 4 nitrogen and oxygen atoms in total. The van der Waals surface area contributed by atoms with Crippen LogP contribution in [0.3, 0.4) is 0 Å². The van der Waals surface area contributed by atoms with Crippen LogP contribution >= 0.6 is 11.6 Å². The summed E-state index contributed by atoms with van der Waals surface area (Å²) in [6.45, 7) is 1.59. The Morgan fingerprint density at radius 3 is 2.87 bits per heavy atom. The minimum Gasteiger partial charge on any atom is -0.258 e. The highest BCUT2D eigenvalue weighted by atomic mass is 35.5. The zero-order valence-electron chi connectivity index (χ0n) is 8.16. The lowest BCUT2D eigenvalue weighted by atomic mass is 10.2. The van der Waals surface area contributed by atoms with E-state index in [1.807, 2.05) is 0 Å². The molecule has 0 aliphatic carbocycles. The number of aryl methyl sites for hydroxylation is 1. The highest BCUT2D eigenvalue weighted by Gasteiger charge is 2.10. The lowest BCUT2D eigenvalue weighted by molar-refractivity contribution is -0.385. The topological polar surface area (TPSA) is 56.0 Å². The van der Waals surface area contributed by atoms with Gasteiger partial charge < -0.3 is 0 Å². The van der Waals surface area contributed by atoms with Gasteiger partial charge in [-0.3, -0.25) is 10.1 Å². The largest absolute Gasteiger partial charge is 0.290 e. The minimum absolute atomic E-state index is 0.0119. The van der Waals surface area contributed by atoms with Crippen molar-refractivity contribution in [3.63, 3.8) is 0 Å². The fraction of sp³-hybridized carbons (Fsp3) is 0.300. The Balaban J connectivity index is 2.93. The fourth-order valence-electron chi connectivity index (χ4n) is 1.02. The van der Waals surface area contributed by atoms with Crippen molar-refractivity contribution in [2.24, 2.45) is 0 Å². The summed E-state index contributed by atoms with van der Waals surface area (Å²) >= 11 is 5.45. The van der Waals surface area contributed by atoms with Gasteiger partial charge in [0, 0.05) is 18.4 Å². The number of hydrogen-bond donors (Lipinski definition) is 0. The van der Waals surface area contributed by atoms with E-state index in [-0.39, 0.29) is 5.69 Å². The lowest BCUT2D eigenvalue weighted by Gasteiger charge is -1.95. The van der Waals surface area contributed by atoms with Gasteiger partial charge in [-0.25, -0.2) is 4.98 Å². The Morgan fingerprint density at radius 1 is 1.60 bits per heavy atom. The van der Waals surface area contributed by atoms with Crippen LogP contribution in [0.2, 0.25) is 0 Å². The summed E-state index contributed by atoms with van der Waals surface area (Å²) in [6.07, 6.45) is 0.583. The minimum atomic E-state index is -0.460. The molecule has 1 rings (SSSR count). The van der Waals surface area contributed by atoms with Gasteiger partial charge in [0.15, 0.2) is 0 Å². The molecule has 0 aliphatic heterocycles. The van der Waals surface area contributed by atoms with Crippen LogP contribution in [0.5, 0.6) is 0 Å². The first-order chi connectivity index (χ1) is 7.15. The van der Waals surface area contributed by atoms with Crippen molar-refractivity contribution in [2.45, 2.75) is 13.3 Å². The van der Waals surface area contributed by atoms with E-state index in [9.17, 15) is 10.1 Å². The number of halogens is 1. The van der Waals surface area contributed by atoms with E-state index in [2.05, 4.69) is 16.8 Å². The SMILES string of the molecule is Cc1nc(C#CCCCl)ccc1[N+](=O)[O-]. The molecule has 0 radical (unpaired) electrons. The van der Waals surface area contributed by atoms with E-state index in [1.165, 1.54) is 12.1 Å². The second-order valence-electron chi connectivity index (χ2n) is 2.80. The first kappa shape index (κ1) is 11.5. The Bertz CT molecular complexity index is 435. The molecule has 0 saturated heterocycles. The van der Waals surface area contributed by atoms with Crippen molar-refractivity contribution in [2.75, 3.05) is 5.88 Å². The molecular weight excluding hydrogens is 216 g/mol. The first-order valence-corrected chi connectivity index (χ1v) is 4.85. The third-order valence-electron chi connectivity index (χ3n) is 1.69. The number of alkyl halides is 1. The van der Waals surface area contributed by atoms with Gasteiger partial charge in [0.25, 0.3) is 5.69 Å². The van der Waals surface area contributed by atoms with Crippen LogP contribution in [-0.4, -0.2) is 15.8 Å². The summed E-state index contributed by atoms with van der Waals surface area (Å²) in [4.78, 5) is 14.1. The highest BCUT2D eigenvalue weighted by molar-refractivity contribution is 6.18.